The first kappa shape index (κ1) is 20.9. The molecule has 4 N–H and O–H groups in total. The van der Waals surface area contributed by atoms with Crippen LogP contribution in [0, 0.1) is 0 Å². The van der Waals surface area contributed by atoms with E-state index in [2.05, 4.69) is 50.0 Å². The Morgan fingerprint density at radius 1 is 0.781 bits per heavy atom. The van der Waals surface area contributed by atoms with Gasteiger partial charge in [-0.1, -0.05) is 78.9 Å². The summed E-state index contributed by atoms with van der Waals surface area (Å²) in [5, 5.41) is 0. The monoisotopic (exact) mass is 424 g/mol. The third kappa shape index (κ3) is 5.20. The van der Waals surface area contributed by atoms with Gasteiger partial charge in [0.15, 0.2) is 11.6 Å². The molecule has 4 aromatic rings. The molecular formula is C25H24N6O. The summed E-state index contributed by atoms with van der Waals surface area (Å²) < 4.78 is 0. The molecule has 1 heterocycles. The molecule has 160 valence electrons. The van der Waals surface area contributed by atoms with Crippen LogP contribution in [0.3, 0.4) is 0 Å². The molecule has 0 saturated heterocycles. The van der Waals surface area contributed by atoms with E-state index in [9.17, 15) is 4.79 Å². The fraction of sp³-hybridized carbons (Fsp3) is 0.0800. The van der Waals surface area contributed by atoms with E-state index < -0.39 is 0 Å². The topological polar surface area (TPSA) is 96.2 Å². The van der Waals surface area contributed by atoms with Crippen molar-refractivity contribution in [3.8, 4) is 0 Å². The highest BCUT2D eigenvalue weighted by Gasteiger charge is 2.17. The lowest BCUT2D eigenvalue weighted by atomic mass is 10.1. The summed E-state index contributed by atoms with van der Waals surface area (Å²) in [4.78, 5) is 23.1. The van der Waals surface area contributed by atoms with Gasteiger partial charge in [0, 0.05) is 18.7 Å². The number of nitrogen functional groups attached to an aromatic ring is 1. The van der Waals surface area contributed by atoms with Gasteiger partial charge in [0.05, 0.1) is 0 Å². The molecule has 0 aliphatic carbocycles. The predicted octanol–water partition coefficient (Wildman–Crippen LogP) is 4.02. The van der Waals surface area contributed by atoms with Crippen LogP contribution in [0.4, 0.5) is 17.3 Å². The van der Waals surface area contributed by atoms with Crippen molar-refractivity contribution in [2.45, 2.75) is 13.1 Å². The minimum absolute atomic E-state index is 0.282. The molecule has 0 fully saturated rings. The summed E-state index contributed by atoms with van der Waals surface area (Å²) in [5.41, 5.74) is 15.1. The van der Waals surface area contributed by atoms with E-state index in [0.717, 1.165) is 11.1 Å². The van der Waals surface area contributed by atoms with E-state index in [-0.39, 0.29) is 5.91 Å². The smallest absolute Gasteiger partial charge is 0.269 e. The highest BCUT2D eigenvalue weighted by atomic mass is 16.2. The number of carbonyl (C=O) groups is 1. The zero-order valence-corrected chi connectivity index (χ0v) is 17.5. The maximum atomic E-state index is 12.4. The second-order valence-electron chi connectivity index (χ2n) is 7.23. The highest BCUT2D eigenvalue weighted by Crippen LogP contribution is 2.28. The Labute approximate surface area is 186 Å². The number of hydrogen-bond acceptors (Lipinski definition) is 6. The van der Waals surface area contributed by atoms with Crippen molar-refractivity contribution < 1.29 is 4.79 Å². The van der Waals surface area contributed by atoms with Crippen molar-refractivity contribution in [1.29, 1.82) is 0 Å². The van der Waals surface area contributed by atoms with E-state index >= 15 is 0 Å². The third-order valence-corrected chi connectivity index (χ3v) is 4.93. The largest absolute Gasteiger partial charge is 0.393 e. The number of nitrogens with one attached hydrogen (secondary N) is 2. The fourth-order valence-corrected chi connectivity index (χ4v) is 3.33. The quantitative estimate of drug-likeness (QED) is 0.370. The van der Waals surface area contributed by atoms with Crippen LogP contribution in [0.2, 0.25) is 0 Å². The number of hydrazine groups is 1. The normalized spacial score (nSPS) is 10.4. The van der Waals surface area contributed by atoms with Crippen LogP contribution in [0.1, 0.15) is 21.5 Å². The molecule has 0 bridgehead atoms. The number of carbonyl (C=O) groups excluding carboxylic acids is 1. The lowest BCUT2D eigenvalue weighted by Crippen LogP contribution is -2.31. The second kappa shape index (κ2) is 10.1. The molecule has 0 spiro atoms. The number of benzene rings is 3. The van der Waals surface area contributed by atoms with Gasteiger partial charge in [-0.25, -0.2) is 9.97 Å². The second-order valence-corrected chi connectivity index (χ2v) is 7.23. The van der Waals surface area contributed by atoms with E-state index in [1.165, 1.54) is 6.33 Å². The van der Waals surface area contributed by atoms with Gasteiger partial charge in [-0.2, -0.15) is 0 Å². The zero-order chi connectivity index (χ0) is 22.2. The maximum absolute atomic E-state index is 12.4. The zero-order valence-electron chi connectivity index (χ0n) is 17.5. The number of amides is 1. The average molecular weight is 425 g/mol. The van der Waals surface area contributed by atoms with E-state index in [1.807, 2.05) is 42.5 Å². The Balaban J connectivity index is 1.57. The molecule has 4 rings (SSSR count). The molecule has 0 radical (unpaired) electrons. The number of aromatic nitrogens is 2. The van der Waals surface area contributed by atoms with E-state index in [1.54, 1.807) is 24.3 Å². The van der Waals surface area contributed by atoms with Gasteiger partial charge >= 0.3 is 0 Å². The molecule has 0 aliphatic rings. The first-order valence-corrected chi connectivity index (χ1v) is 10.3. The molecule has 32 heavy (non-hydrogen) atoms. The first-order chi connectivity index (χ1) is 15.7. The van der Waals surface area contributed by atoms with Gasteiger partial charge in [0.25, 0.3) is 5.91 Å². The van der Waals surface area contributed by atoms with Crippen LogP contribution in [0.25, 0.3) is 0 Å². The molecule has 0 unspecified atom stereocenters. The first-order valence-electron chi connectivity index (χ1n) is 10.3. The van der Waals surface area contributed by atoms with Crippen LogP contribution < -0.4 is 21.5 Å². The highest BCUT2D eigenvalue weighted by molar-refractivity contribution is 5.95. The number of anilines is 3. The van der Waals surface area contributed by atoms with Crippen molar-refractivity contribution >= 4 is 23.2 Å². The summed E-state index contributed by atoms with van der Waals surface area (Å²) in [6.45, 7) is 1.24. The van der Waals surface area contributed by atoms with Crippen LogP contribution >= 0.6 is 0 Å². The van der Waals surface area contributed by atoms with Gasteiger partial charge in [0.1, 0.15) is 12.0 Å². The lowest BCUT2D eigenvalue weighted by molar-refractivity contribution is 0.0962. The Hall–Kier alpha value is -4.39. The van der Waals surface area contributed by atoms with Crippen molar-refractivity contribution in [3.63, 3.8) is 0 Å². The molecule has 3 aromatic carbocycles. The molecule has 0 aliphatic heterocycles. The van der Waals surface area contributed by atoms with Gasteiger partial charge in [-0.15, -0.1) is 0 Å². The standard InChI is InChI=1S/C25H24N6O/c26-22-23(29-30-25(32)21-14-8-3-9-15-21)27-18-28-24(22)31(16-19-10-4-1-5-11-19)17-20-12-6-2-7-13-20/h1-15,18H,16-17,26H2,(H,30,32)(H,27,28,29). The van der Waals surface area contributed by atoms with Crippen LogP contribution in [0.15, 0.2) is 97.3 Å². The Morgan fingerprint density at radius 2 is 1.31 bits per heavy atom. The molecule has 0 saturated carbocycles. The van der Waals surface area contributed by atoms with Gasteiger partial charge in [-0.05, 0) is 23.3 Å². The van der Waals surface area contributed by atoms with E-state index in [4.69, 9.17) is 5.73 Å². The summed E-state index contributed by atoms with van der Waals surface area (Å²) >= 11 is 0. The van der Waals surface area contributed by atoms with E-state index in [0.29, 0.717) is 36.0 Å². The van der Waals surface area contributed by atoms with Crippen molar-refractivity contribution in [3.05, 3.63) is 114 Å². The van der Waals surface area contributed by atoms with Crippen LogP contribution in [0.5, 0.6) is 0 Å². The summed E-state index contributed by atoms with van der Waals surface area (Å²) in [6, 6.07) is 29.2. The minimum Gasteiger partial charge on any atom is -0.393 e. The number of hydrogen-bond donors (Lipinski definition) is 3. The molecule has 7 heteroatoms. The molecule has 1 aromatic heterocycles. The third-order valence-electron chi connectivity index (χ3n) is 4.93. The van der Waals surface area contributed by atoms with Gasteiger partial charge < -0.3 is 10.6 Å². The summed E-state index contributed by atoms with van der Waals surface area (Å²) in [6.07, 6.45) is 1.44. The number of nitrogens with zero attached hydrogens (tertiary/aromatic N) is 3. The van der Waals surface area contributed by atoms with Crippen molar-refractivity contribution in [1.82, 2.24) is 15.4 Å². The summed E-state index contributed by atoms with van der Waals surface area (Å²) in [5.74, 6) is 0.644. The Kier molecular flexibility index (Phi) is 6.57. The SMILES string of the molecule is Nc1c(NNC(=O)c2ccccc2)ncnc1N(Cc1ccccc1)Cc1ccccc1. The average Bonchev–Trinajstić information content (AvgIpc) is 2.85. The van der Waals surface area contributed by atoms with Crippen LogP contribution in [-0.2, 0) is 13.1 Å². The molecular weight excluding hydrogens is 400 g/mol. The Morgan fingerprint density at radius 3 is 1.88 bits per heavy atom. The van der Waals surface area contributed by atoms with Gasteiger partial charge in [-0.3, -0.25) is 15.6 Å². The fourth-order valence-electron chi connectivity index (χ4n) is 3.33. The predicted molar refractivity (Wildman–Crippen MR) is 127 cm³/mol. The Bertz CT molecular complexity index is 1110. The number of rotatable bonds is 8. The van der Waals surface area contributed by atoms with Gasteiger partial charge in [0.2, 0.25) is 0 Å². The number of nitrogens with two attached hydrogens (primary N) is 1. The molecule has 1 amide bonds. The minimum atomic E-state index is -0.282. The summed E-state index contributed by atoms with van der Waals surface area (Å²) in [7, 11) is 0. The lowest BCUT2D eigenvalue weighted by Gasteiger charge is -2.26. The van der Waals surface area contributed by atoms with Crippen LogP contribution in [-0.4, -0.2) is 15.9 Å². The van der Waals surface area contributed by atoms with Crippen molar-refractivity contribution in [2.24, 2.45) is 0 Å². The molecule has 0 atom stereocenters. The molecule has 7 nitrogen and oxygen atoms in total. The van der Waals surface area contributed by atoms with Crippen molar-refractivity contribution in [2.75, 3.05) is 16.1 Å². The maximum Gasteiger partial charge on any atom is 0.269 e.